The van der Waals surface area contributed by atoms with Crippen molar-refractivity contribution in [3.05, 3.63) is 70.1 Å². The van der Waals surface area contributed by atoms with Crippen molar-refractivity contribution in [3.63, 3.8) is 0 Å². The molecule has 3 rings (SSSR count). The van der Waals surface area contributed by atoms with Crippen LogP contribution in [0.5, 0.6) is 0 Å². The molecule has 1 N–H and O–H groups in total. The minimum Gasteiger partial charge on any atom is -0.367 e. The number of benzene rings is 1. The molecule has 1 amide bonds. The molecule has 1 aromatic heterocycles. The SMILES string of the molecule is C[C@@H]1CN(C(=O)c2ccc(=O)[nH]c2)C[C@@H](c2ccccc2)O1. The van der Waals surface area contributed by atoms with Crippen LogP contribution in [0.2, 0.25) is 0 Å². The maximum absolute atomic E-state index is 12.6. The quantitative estimate of drug-likeness (QED) is 0.922. The number of aromatic nitrogens is 1. The first kappa shape index (κ1) is 14.5. The van der Waals surface area contributed by atoms with Crippen LogP contribution in [-0.4, -0.2) is 35.0 Å². The molecule has 0 bridgehead atoms. The van der Waals surface area contributed by atoms with E-state index in [2.05, 4.69) is 4.98 Å². The fourth-order valence-electron chi connectivity index (χ4n) is 2.70. The van der Waals surface area contributed by atoms with E-state index in [1.807, 2.05) is 37.3 Å². The Labute approximate surface area is 128 Å². The number of hydrogen-bond donors (Lipinski definition) is 1. The topological polar surface area (TPSA) is 62.4 Å². The Balaban J connectivity index is 1.80. The van der Waals surface area contributed by atoms with Gasteiger partial charge >= 0.3 is 0 Å². The van der Waals surface area contributed by atoms with Gasteiger partial charge in [-0.05, 0) is 18.6 Å². The highest BCUT2D eigenvalue weighted by Gasteiger charge is 2.29. The van der Waals surface area contributed by atoms with Gasteiger partial charge < -0.3 is 14.6 Å². The fourth-order valence-corrected chi connectivity index (χ4v) is 2.70. The molecule has 0 unspecified atom stereocenters. The van der Waals surface area contributed by atoms with E-state index in [0.717, 1.165) is 5.56 Å². The Bertz CT molecular complexity index is 691. The molecular weight excluding hydrogens is 280 g/mol. The molecule has 0 aliphatic carbocycles. The van der Waals surface area contributed by atoms with E-state index in [1.165, 1.54) is 12.3 Å². The third-order valence-corrected chi connectivity index (χ3v) is 3.75. The number of carbonyl (C=O) groups excluding carboxylic acids is 1. The number of rotatable bonds is 2. The third-order valence-electron chi connectivity index (χ3n) is 3.75. The Morgan fingerprint density at radius 3 is 2.64 bits per heavy atom. The normalized spacial score (nSPS) is 21.6. The zero-order valence-electron chi connectivity index (χ0n) is 12.4. The van der Waals surface area contributed by atoms with Crippen LogP contribution in [0.15, 0.2) is 53.5 Å². The van der Waals surface area contributed by atoms with Crippen molar-refractivity contribution in [1.29, 1.82) is 0 Å². The van der Waals surface area contributed by atoms with Crippen molar-refractivity contribution < 1.29 is 9.53 Å². The molecule has 0 radical (unpaired) electrons. The minimum absolute atomic E-state index is 0.0364. The van der Waals surface area contributed by atoms with Crippen LogP contribution in [0.1, 0.15) is 28.9 Å². The number of H-pyrrole nitrogens is 1. The van der Waals surface area contributed by atoms with Gasteiger partial charge in [0.1, 0.15) is 6.10 Å². The zero-order valence-corrected chi connectivity index (χ0v) is 12.4. The predicted molar refractivity (Wildman–Crippen MR) is 82.7 cm³/mol. The number of aromatic amines is 1. The Morgan fingerprint density at radius 2 is 1.95 bits per heavy atom. The number of pyridine rings is 1. The second-order valence-electron chi connectivity index (χ2n) is 5.50. The summed E-state index contributed by atoms with van der Waals surface area (Å²) < 4.78 is 5.96. The largest absolute Gasteiger partial charge is 0.367 e. The van der Waals surface area contributed by atoms with Gasteiger partial charge in [-0.3, -0.25) is 9.59 Å². The second kappa shape index (κ2) is 6.15. The summed E-state index contributed by atoms with van der Waals surface area (Å²) in [6.07, 6.45) is 1.30. The lowest BCUT2D eigenvalue weighted by atomic mass is 10.1. The monoisotopic (exact) mass is 298 g/mol. The van der Waals surface area contributed by atoms with Gasteiger partial charge in [-0.25, -0.2) is 0 Å². The first-order chi connectivity index (χ1) is 10.6. The maximum atomic E-state index is 12.6. The minimum atomic E-state index is -0.214. The van der Waals surface area contributed by atoms with Gasteiger partial charge in [0, 0.05) is 18.8 Å². The highest BCUT2D eigenvalue weighted by atomic mass is 16.5. The summed E-state index contributed by atoms with van der Waals surface area (Å²) in [6, 6.07) is 12.8. The van der Waals surface area contributed by atoms with Crippen molar-refractivity contribution in [2.75, 3.05) is 13.1 Å². The molecular formula is C17H18N2O3. The first-order valence-electron chi connectivity index (χ1n) is 7.32. The number of morpholine rings is 1. The summed E-state index contributed by atoms with van der Waals surface area (Å²) in [7, 11) is 0. The molecule has 1 aliphatic rings. The van der Waals surface area contributed by atoms with Gasteiger partial charge in [0.15, 0.2) is 0 Å². The molecule has 1 aromatic carbocycles. The third kappa shape index (κ3) is 3.09. The fraction of sp³-hybridized carbons (Fsp3) is 0.294. The van der Waals surface area contributed by atoms with Gasteiger partial charge in [-0.15, -0.1) is 0 Å². The number of ether oxygens (including phenoxy) is 1. The van der Waals surface area contributed by atoms with E-state index in [9.17, 15) is 9.59 Å². The molecule has 1 aliphatic heterocycles. The van der Waals surface area contributed by atoms with Gasteiger partial charge in [-0.1, -0.05) is 30.3 Å². The molecule has 0 saturated carbocycles. The average molecular weight is 298 g/mol. The van der Waals surface area contributed by atoms with Crippen molar-refractivity contribution in [1.82, 2.24) is 9.88 Å². The van der Waals surface area contributed by atoms with E-state index in [1.54, 1.807) is 11.0 Å². The van der Waals surface area contributed by atoms with Crippen molar-refractivity contribution in [2.45, 2.75) is 19.1 Å². The van der Waals surface area contributed by atoms with Gasteiger partial charge in [0.2, 0.25) is 5.56 Å². The number of amides is 1. The zero-order chi connectivity index (χ0) is 15.5. The molecule has 22 heavy (non-hydrogen) atoms. The van der Waals surface area contributed by atoms with Gasteiger partial charge in [-0.2, -0.15) is 0 Å². The smallest absolute Gasteiger partial charge is 0.255 e. The summed E-state index contributed by atoms with van der Waals surface area (Å²) in [5.74, 6) is -0.0904. The average Bonchev–Trinajstić information content (AvgIpc) is 2.55. The van der Waals surface area contributed by atoms with Crippen molar-refractivity contribution >= 4 is 5.91 Å². The van der Waals surface area contributed by atoms with Crippen LogP contribution in [0.25, 0.3) is 0 Å². The van der Waals surface area contributed by atoms with E-state index in [4.69, 9.17) is 4.74 Å². The molecule has 1 saturated heterocycles. The summed E-state index contributed by atoms with van der Waals surface area (Å²) in [4.78, 5) is 28.0. The Kier molecular flexibility index (Phi) is 4.06. The molecule has 1 fully saturated rings. The van der Waals surface area contributed by atoms with Crippen molar-refractivity contribution in [3.8, 4) is 0 Å². The van der Waals surface area contributed by atoms with Crippen LogP contribution < -0.4 is 5.56 Å². The first-order valence-corrected chi connectivity index (χ1v) is 7.32. The van der Waals surface area contributed by atoms with Gasteiger partial charge in [0.05, 0.1) is 18.2 Å². The standard InChI is InChI=1S/C17H18N2O3/c1-12-10-19(17(21)14-7-8-16(20)18-9-14)11-15(22-12)13-5-3-2-4-6-13/h2-9,12,15H,10-11H2,1H3,(H,18,20)/t12-,15+/m1/s1. The summed E-state index contributed by atoms with van der Waals surface area (Å²) >= 11 is 0. The van der Waals surface area contributed by atoms with Crippen LogP contribution in [0, 0.1) is 0 Å². The lowest BCUT2D eigenvalue weighted by Crippen LogP contribution is -2.46. The van der Waals surface area contributed by atoms with Crippen LogP contribution >= 0.6 is 0 Å². The van der Waals surface area contributed by atoms with E-state index in [-0.39, 0.29) is 23.7 Å². The number of carbonyl (C=O) groups is 1. The second-order valence-corrected chi connectivity index (χ2v) is 5.50. The maximum Gasteiger partial charge on any atom is 0.255 e. The van der Waals surface area contributed by atoms with Crippen LogP contribution in [0.3, 0.4) is 0 Å². The molecule has 0 spiro atoms. The summed E-state index contributed by atoms with van der Waals surface area (Å²) in [5, 5.41) is 0. The molecule has 5 heteroatoms. The number of nitrogens with one attached hydrogen (secondary N) is 1. The van der Waals surface area contributed by atoms with E-state index < -0.39 is 0 Å². The molecule has 2 heterocycles. The Morgan fingerprint density at radius 1 is 1.18 bits per heavy atom. The van der Waals surface area contributed by atoms with Crippen LogP contribution in [0.4, 0.5) is 0 Å². The van der Waals surface area contributed by atoms with Crippen LogP contribution in [-0.2, 0) is 4.74 Å². The highest BCUT2D eigenvalue weighted by Crippen LogP contribution is 2.25. The number of hydrogen-bond acceptors (Lipinski definition) is 3. The molecule has 2 aromatic rings. The van der Waals surface area contributed by atoms with Gasteiger partial charge in [0.25, 0.3) is 5.91 Å². The van der Waals surface area contributed by atoms with E-state index >= 15 is 0 Å². The molecule has 5 nitrogen and oxygen atoms in total. The van der Waals surface area contributed by atoms with E-state index in [0.29, 0.717) is 18.7 Å². The lowest BCUT2D eigenvalue weighted by Gasteiger charge is -2.37. The lowest BCUT2D eigenvalue weighted by molar-refractivity contribution is -0.0691. The number of nitrogens with zero attached hydrogens (tertiary/aromatic N) is 1. The Hall–Kier alpha value is -2.40. The summed E-state index contributed by atoms with van der Waals surface area (Å²) in [6.45, 7) is 3.01. The highest BCUT2D eigenvalue weighted by molar-refractivity contribution is 5.94. The molecule has 2 atom stereocenters. The predicted octanol–water partition coefficient (Wildman–Crippen LogP) is 1.98. The summed E-state index contributed by atoms with van der Waals surface area (Å²) in [5.41, 5.74) is 1.34. The molecule has 114 valence electrons. The van der Waals surface area contributed by atoms with Crippen molar-refractivity contribution in [2.24, 2.45) is 0 Å².